The molecule has 1 aliphatic heterocycles. The van der Waals surface area contributed by atoms with Gasteiger partial charge in [-0.05, 0) is 20.1 Å². The van der Waals surface area contributed by atoms with E-state index in [2.05, 4.69) is 31.1 Å². The van der Waals surface area contributed by atoms with Gasteiger partial charge in [0, 0.05) is 13.1 Å². The summed E-state index contributed by atoms with van der Waals surface area (Å²) >= 11 is 0. The molecule has 12 heavy (non-hydrogen) atoms. The van der Waals surface area contributed by atoms with Crippen LogP contribution in [-0.2, 0) is 4.74 Å². The van der Waals surface area contributed by atoms with Gasteiger partial charge in [0.15, 0.2) is 0 Å². The van der Waals surface area contributed by atoms with Gasteiger partial charge in [0.05, 0.1) is 13.2 Å². The summed E-state index contributed by atoms with van der Waals surface area (Å²) in [7, 11) is 2.11. The van der Waals surface area contributed by atoms with Crippen molar-refractivity contribution in [2.75, 3.05) is 46.4 Å². The van der Waals surface area contributed by atoms with E-state index in [1.807, 2.05) is 0 Å². The standard InChI is InChI=1S/C5H13N.C4H9NO/c1-4-6(3)5-2;1-3-6-4-2-5-1/h4-5H2,1-3H3;5H,1-4H2. The van der Waals surface area contributed by atoms with Crippen molar-refractivity contribution in [3.8, 4) is 0 Å². The summed E-state index contributed by atoms with van der Waals surface area (Å²) in [6.07, 6.45) is 0. The zero-order valence-electron chi connectivity index (χ0n) is 8.60. The summed E-state index contributed by atoms with van der Waals surface area (Å²) in [5.74, 6) is 0. The summed E-state index contributed by atoms with van der Waals surface area (Å²) < 4.78 is 5.01. The van der Waals surface area contributed by atoms with Crippen LogP contribution in [0.15, 0.2) is 0 Å². The fourth-order valence-corrected chi connectivity index (χ4v) is 0.739. The van der Waals surface area contributed by atoms with Gasteiger partial charge in [-0.2, -0.15) is 0 Å². The molecule has 0 aromatic rings. The molecule has 1 heterocycles. The summed E-state index contributed by atoms with van der Waals surface area (Å²) in [4.78, 5) is 2.25. The van der Waals surface area contributed by atoms with Gasteiger partial charge in [-0.25, -0.2) is 0 Å². The molecule has 0 aromatic heterocycles. The zero-order chi connectivity index (χ0) is 9.23. The van der Waals surface area contributed by atoms with Crippen LogP contribution < -0.4 is 5.32 Å². The van der Waals surface area contributed by atoms with Crippen LogP contribution in [0.4, 0.5) is 0 Å². The molecule has 1 saturated heterocycles. The Bertz CT molecular complexity index is 69.1. The SMILES string of the molecule is C1COCCN1.CCN(C)CC. The van der Waals surface area contributed by atoms with Crippen molar-refractivity contribution in [3.05, 3.63) is 0 Å². The summed E-state index contributed by atoms with van der Waals surface area (Å²) in [6.45, 7) is 10.5. The number of rotatable bonds is 2. The second kappa shape index (κ2) is 8.97. The molecule has 1 rings (SSSR count). The van der Waals surface area contributed by atoms with Gasteiger partial charge >= 0.3 is 0 Å². The van der Waals surface area contributed by atoms with Gasteiger partial charge in [-0.15, -0.1) is 0 Å². The van der Waals surface area contributed by atoms with Crippen molar-refractivity contribution >= 4 is 0 Å². The average molecular weight is 174 g/mol. The highest BCUT2D eigenvalue weighted by molar-refractivity contribution is 4.49. The Morgan fingerprint density at radius 2 is 1.67 bits per heavy atom. The third-order valence-electron chi connectivity index (χ3n) is 1.93. The fraction of sp³-hybridized carbons (Fsp3) is 1.00. The maximum absolute atomic E-state index is 5.01. The van der Waals surface area contributed by atoms with Crippen LogP contribution >= 0.6 is 0 Å². The second-order valence-electron chi connectivity index (χ2n) is 2.85. The fourth-order valence-electron chi connectivity index (χ4n) is 0.739. The molecule has 0 atom stereocenters. The van der Waals surface area contributed by atoms with E-state index in [-0.39, 0.29) is 0 Å². The lowest BCUT2D eigenvalue weighted by Crippen LogP contribution is -2.30. The Kier molecular flexibility index (Phi) is 8.88. The number of hydrogen-bond acceptors (Lipinski definition) is 3. The molecule has 0 amide bonds. The summed E-state index contributed by atoms with van der Waals surface area (Å²) in [5.41, 5.74) is 0. The predicted molar refractivity (Wildman–Crippen MR) is 52.5 cm³/mol. The van der Waals surface area contributed by atoms with Gasteiger partial charge in [0.2, 0.25) is 0 Å². The lowest BCUT2D eigenvalue weighted by molar-refractivity contribution is 0.109. The summed E-state index contributed by atoms with van der Waals surface area (Å²) in [5, 5.41) is 3.16. The minimum atomic E-state index is 0.889. The van der Waals surface area contributed by atoms with E-state index in [0.29, 0.717) is 0 Å². The van der Waals surface area contributed by atoms with Crippen molar-refractivity contribution in [1.82, 2.24) is 10.2 Å². The topological polar surface area (TPSA) is 24.5 Å². The zero-order valence-corrected chi connectivity index (χ0v) is 8.60. The molecule has 0 aromatic carbocycles. The first-order valence-electron chi connectivity index (χ1n) is 4.78. The Morgan fingerprint density at radius 1 is 1.17 bits per heavy atom. The molecule has 3 nitrogen and oxygen atoms in total. The summed E-state index contributed by atoms with van der Waals surface area (Å²) in [6, 6.07) is 0. The lowest BCUT2D eigenvalue weighted by Gasteiger charge is -2.10. The van der Waals surface area contributed by atoms with E-state index in [4.69, 9.17) is 4.74 Å². The van der Waals surface area contributed by atoms with Crippen LogP contribution in [0.5, 0.6) is 0 Å². The molecule has 74 valence electrons. The smallest absolute Gasteiger partial charge is 0.0591 e. The first-order valence-corrected chi connectivity index (χ1v) is 4.78. The van der Waals surface area contributed by atoms with Crippen molar-refractivity contribution in [2.24, 2.45) is 0 Å². The van der Waals surface area contributed by atoms with Crippen LogP contribution in [0.3, 0.4) is 0 Å². The first-order chi connectivity index (χ1) is 5.81. The number of morpholine rings is 1. The first kappa shape index (κ1) is 11.9. The van der Waals surface area contributed by atoms with Gasteiger partial charge in [-0.3, -0.25) is 0 Å². The monoisotopic (exact) mass is 174 g/mol. The predicted octanol–water partition coefficient (Wildman–Crippen LogP) is 0.564. The highest BCUT2D eigenvalue weighted by Crippen LogP contribution is 1.76. The molecule has 0 spiro atoms. The number of hydrogen-bond donors (Lipinski definition) is 1. The molecule has 1 fully saturated rings. The molecular formula is C9H22N2O. The largest absolute Gasteiger partial charge is 0.379 e. The van der Waals surface area contributed by atoms with Gasteiger partial charge < -0.3 is 15.0 Å². The highest BCUT2D eigenvalue weighted by Gasteiger charge is 1.92. The normalized spacial score (nSPS) is 17.0. The van der Waals surface area contributed by atoms with E-state index < -0.39 is 0 Å². The molecule has 0 saturated carbocycles. The second-order valence-corrected chi connectivity index (χ2v) is 2.85. The van der Waals surface area contributed by atoms with Crippen molar-refractivity contribution in [1.29, 1.82) is 0 Å². The van der Waals surface area contributed by atoms with Crippen LogP contribution in [-0.4, -0.2) is 51.3 Å². The molecule has 3 heteroatoms. The third kappa shape index (κ3) is 7.98. The van der Waals surface area contributed by atoms with Gasteiger partial charge in [0.1, 0.15) is 0 Å². The van der Waals surface area contributed by atoms with E-state index in [1.54, 1.807) is 0 Å². The molecule has 0 unspecified atom stereocenters. The Hall–Kier alpha value is -0.120. The van der Waals surface area contributed by atoms with Crippen molar-refractivity contribution < 1.29 is 4.74 Å². The molecule has 0 radical (unpaired) electrons. The minimum absolute atomic E-state index is 0.889. The minimum Gasteiger partial charge on any atom is -0.379 e. The Morgan fingerprint density at radius 3 is 1.75 bits per heavy atom. The van der Waals surface area contributed by atoms with Crippen molar-refractivity contribution in [2.45, 2.75) is 13.8 Å². The maximum atomic E-state index is 5.01. The Labute approximate surface area is 76.1 Å². The van der Waals surface area contributed by atoms with Crippen LogP contribution in [0.25, 0.3) is 0 Å². The van der Waals surface area contributed by atoms with E-state index >= 15 is 0 Å². The molecular weight excluding hydrogens is 152 g/mol. The van der Waals surface area contributed by atoms with E-state index in [0.717, 1.165) is 39.4 Å². The number of ether oxygens (including phenoxy) is 1. The number of nitrogens with zero attached hydrogens (tertiary/aromatic N) is 1. The quantitative estimate of drug-likeness (QED) is 0.662. The molecule has 1 aliphatic rings. The van der Waals surface area contributed by atoms with Crippen molar-refractivity contribution in [3.63, 3.8) is 0 Å². The highest BCUT2D eigenvalue weighted by atomic mass is 16.5. The van der Waals surface area contributed by atoms with Crippen LogP contribution in [0.2, 0.25) is 0 Å². The van der Waals surface area contributed by atoms with Gasteiger partial charge in [0.25, 0.3) is 0 Å². The average Bonchev–Trinajstić information content (AvgIpc) is 2.20. The van der Waals surface area contributed by atoms with Crippen LogP contribution in [0, 0.1) is 0 Å². The number of nitrogens with one attached hydrogen (secondary N) is 1. The lowest BCUT2D eigenvalue weighted by atomic mass is 10.5. The van der Waals surface area contributed by atoms with Crippen LogP contribution in [0.1, 0.15) is 13.8 Å². The van der Waals surface area contributed by atoms with Gasteiger partial charge in [-0.1, -0.05) is 13.8 Å². The third-order valence-corrected chi connectivity index (χ3v) is 1.93. The Balaban J connectivity index is 0.000000202. The maximum Gasteiger partial charge on any atom is 0.0591 e. The van der Waals surface area contributed by atoms with E-state index in [9.17, 15) is 0 Å². The molecule has 1 N–H and O–H groups in total. The molecule has 0 aliphatic carbocycles. The van der Waals surface area contributed by atoms with E-state index in [1.165, 1.54) is 0 Å². The molecule has 0 bridgehead atoms.